The lowest BCUT2D eigenvalue weighted by Gasteiger charge is -2.38. The first-order chi connectivity index (χ1) is 7.62. The van der Waals surface area contributed by atoms with Gasteiger partial charge in [-0.05, 0) is 46.0 Å². The molecule has 0 aliphatic carbocycles. The van der Waals surface area contributed by atoms with Crippen LogP contribution in [0.2, 0.25) is 0 Å². The Morgan fingerprint density at radius 1 is 1.19 bits per heavy atom. The van der Waals surface area contributed by atoms with Crippen molar-refractivity contribution in [3.63, 3.8) is 0 Å². The zero-order chi connectivity index (χ0) is 11.2. The van der Waals surface area contributed by atoms with Gasteiger partial charge >= 0.3 is 0 Å². The lowest BCUT2D eigenvalue weighted by Crippen LogP contribution is -2.50. The normalized spacial score (nSPS) is 46.1. The highest BCUT2D eigenvalue weighted by atomic mass is 16.5. The standard InChI is InChI=1S/C13H23NO2/c1-13(2)8-9(5-6-15-13)14-11-7-10-3-4-12(11)16-10/h9-12,14H,3-8H2,1-2H3. The van der Waals surface area contributed by atoms with Crippen LogP contribution in [0, 0.1) is 0 Å². The Morgan fingerprint density at radius 2 is 2.06 bits per heavy atom. The molecule has 0 spiro atoms. The van der Waals surface area contributed by atoms with Crippen LogP contribution in [0.3, 0.4) is 0 Å². The third-order valence-electron chi connectivity index (χ3n) is 4.25. The van der Waals surface area contributed by atoms with Crippen LogP contribution in [0.5, 0.6) is 0 Å². The quantitative estimate of drug-likeness (QED) is 0.778. The van der Waals surface area contributed by atoms with Gasteiger partial charge in [-0.3, -0.25) is 0 Å². The third kappa shape index (κ3) is 2.13. The number of rotatable bonds is 2. The van der Waals surface area contributed by atoms with Crippen LogP contribution in [-0.2, 0) is 9.47 Å². The molecule has 4 unspecified atom stereocenters. The molecule has 4 atom stereocenters. The Morgan fingerprint density at radius 3 is 2.69 bits per heavy atom. The second kappa shape index (κ2) is 3.97. The smallest absolute Gasteiger partial charge is 0.0733 e. The summed E-state index contributed by atoms with van der Waals surface area (Å²) >= 11 is 0. The maximum Gasteiger partial charge on any atom is 0.0733 e. The van der Waals surface area contributed by atoms with E-state index in [1.54, 1.807) is 0 Å². The van der Waals surface area contributed by atoms with E-state index in [0.717, 1.165) is 19.4 Å². The van der Waals surface area contributed by atoms with Gasteiger partial charge in [-0.15, -0.1) is 0 Å². The van der Waals surface area contributed by atoms with E-state index in [2.05, 4.69) is 19.2 Å². The van der Waals surface area contributed by atoms with Crippen LogP contribution < -0.4 is 5.32 Å². The second-order valence-corrected chi connectivity index (χ2v) is 6.18. The van der Waals surface area contributed by atoms with Gasteiger partial charge in [0.2, 0.25) is 0 Å². The van der Waals surface area contributed by atoms with Gasteiger partial charge in [0, 0.05) is 18.7 Å². The third-order valence-corrected chi connectivity index (χ3v) is 4.25. The van der Waals surface area contributed by atoms with Crippen molar-refractivity contribution in [3.8, 4) is 0 Å². The molecule has 3 nitrogen and oxygen atoms in total. The topological polar surface area (TPSA) is 30.5 Å². The summed E-state index contributed by atoms with van der Waals surface area (Å²) < 4.78 is 11.6. The molecular weight excluding hydrogens is 202 g/mol. The maximum absolute atomic E-state index is 5.88. The predicted molar refractivity (Wildman–Crippen MR) is 62.5 cm³/mol. The number of fused-ring (bicyclic) bond motifs is 2. The highest BCUT2D eigenvalue weighted by Gasteiger charge is 2.42. The van der Waals surface area contributed by atoms with Crippen LogP contribution in [-0.4, -0.2) is 36.5 Å². The minimum atomic E-state index is 0.0500. The molecule has 0 aromatic carbocycles. The van der Waals surface area contributed by atoms with Crippen molar-refractivity contribution in [2.75, 3.05) is 6.61 Å². The minimum Gasteiger partial charge on any atom is -0.375 e. The summed E-state index contributed by atoms with van der Waals surface area (Å²) in [4.78, 5) is 0. The van der Waals surface area contributed by atoms with Gasteiger partial charge in [-0.25, -0.2) is 0 Å². The first-order valence-electron chi connectivity index (χ1n) is 6.68. The zero-order valence-corrected chi connectivity index (χ0v) is 10.4. The van der Waals surface area contributed by atoms with E-state index in [-0.39, 0.29) is 5.60 Å². The molecule has 0 aromatic rings. The number of hydrogen-bond acceptors (Lipinski definition) is 3. The Labute approximate surface area is 97.9 Å². The van der Waals surface area contributed by atoms with Crippen molar-refractivity contribution in [2.45, 2.75) is 75.8 Å². The van der Waals surface area contributed by atoms with Crippen LogP contribution in [0.25, 0.3) is 0 Å². The van der Waals surface area contributed by atoms with Crippen LogP contribution >= 0.6 is 0 Å². The van der Waals surface area contributed by atoms with E-state index >= 15 is 0 Å². The van der Waals surface area contributed by atoms with Gasteiger partial charge in [-0.2, -0.15) is 0 Å². The zero-order valence-electron chi connectivity index (χ0n) is 10.4. The van der Waals surface area contributed by atoms with Gasteiger partial charge in [0.25, 0.3) is 0 Å². The fraction of sp³-hybridized carbons (Fsp3) is 1.00. The Hall–Kier alpha value is -0.120. The SMILES string of the molecule is CC1(C)CC(NC2CC3CCC2O3)CCO1. The van der Waals surface area contributed by atoms with Gasteiger partial charge in [0.05, 0.1) is 17.8 Å². The number of ether oxygens (including phenoxy) is 2. The fourth-order valence-corrected chi connectivity index (χ4v) is 3.49. The highest BCUT2D eigenvalue weighted by Crippen LogP contribution is 2.35. The van der Waals surface area contributed by atoms with Gasteiger partial charge < -0.3 is 14.8 Å². The molecule has 1 N–H and O–H groups in total. The average molecular weight is 225 g/mol. The Balaban J connectivity index is 1.55. The minimum absolute atomic E-state index is 0.0500. The summed E-state index contributed by atoms with van der Waals surface area (Å²) in [6, 6.07) is 1.23. The van der Waals surface area contributed by atoms with Crippen molar-refractivity contribution in [2.24, 2.45) is 0 Å². The van der Waals surface area contributed by atoms with Crippen molar-refractivity contribution < 1.29 is 9.47 Å². The number of nitrogens with one attached hydrogen (secondary N) is 1. The summed E-state index contributed by atoms with van der Waals surface area (Å²) in [6.45, 7) is 5.28. The Bertz CT molecular complexity index is 267. The molecule has 16 heavy (non-hydrogen) atoms. The first kappa shape index (κ1) is 11.0. The molecule has 0 saturated carbocycles. The average Bonchev–Trinajstić information content (AvgIpc) is 2.77. The largest absolute Gasteiger partial charge is 0.375 e. The molecular formula is C13H23NO2. The molecule has 3 rings (SSSR count). The summed E-state index contributed by atoms with van der Waals surface area (Å²) in [5, 5.41) is 3.80. The molecule has 3 heteroatoms. The molecule has 0 amide bonds. The van der Waals surface area contributed by atoms with Crippen LogP contribution in [0.4, 0.5) is 0 Å². The summed E-state index contributed by atoms with van der Waals surface area (Å²) in [5.41, 5.74) is 0.0500. The molecule has 0 radical (unpaired) electrons. The van der Waals surface area contributed by atoms with Crippen molar-refractivity contribution in [3.05, 3.63) is 0 Å². The molecule has 92 valence electrons. The molecule has 3 fully saturated rings. The van der Waals surface area contributed by atoms with Gasteiger partial charge in [0.15, 0.2) is 0 Å². The van der Waals surface area contributed by atoms with E-state index in [1.165, 1.54) is 19.3 Å². The molecule has 0 aromatic heterocycles. The fourth-order valence-electron chi connectivity index (χ4n) is 3.49. The highest BCUT2D eigenvalue weighted by molar-refractivity contribution is 4.96. The lowest BCUT2D eigenvalue weighted by molar-refractivity contribution is -0.0650. The van der Waals surface area contributed by atoms with Crippen LogP contribution in [0.15, 0.2) is 0 Å². The molecule has 3 heterocycles. The molecule has 3 aliphatic heterocycles. The first-order valence-corrected chi connectivity index (χ1v) is 6.68. The van der Waals surface area contributed by atoms with Crippen molar-refractivity contribution in [1.29, 1.82) is 0 Å². The molecule has 2 bridgehead atoms. The summed E-state index contributed by atoms with van der Waals surface area (Å²) in [7, 11) is 0. The monoisotopic (exact) mass is 225 g/mol. The molecule has 3 aliphatic rings. The van der Waals surface area contributed by atoms with Crippen molar-refractivity contribution >= 4 is 0 Å². The second-order valence-electron chi connectivity index (χ2n) is 6.18. The van der Waals surface area contributed by atoms with E-state index in [9.17, 15) is 0 Å². The van der Waals surface area contributed by atoms with E-state index in [1.807, 2.05) is 0 Å². The number of hydrogen-bond donors (Lipinski definition) is 1. The van der Waals surface area contributed by atoms with Gasteiger partial charge in [-0.1, -0.05) is 0 Å². The summed E-state index contributed by atoms with van der Waals surface area (Å²) in [5.74, 6) is 0. The predicted octanol–water partition coefficient (Wildman–Crippen LogP) is 1.85. The van der Waals surface area contributed by atoms with E-state index < -0.39 is 0 Å². The lowest BCUT2D eigenvalue weighted by atomic mass is 9.90. The van der Waals surface area contributed by atoms with Gasteiger partial charge in [0.1, 0.15) is 0 Å². The van der Waals surface area contributed by atoms with Crippen molar-refractivity contribution in [1.82, 2.24) is 5.32 Å². The Kier molecular flexibility index (Phi) is 2.73. The molecule has 3 saturated heterocycles. The maximum atomic E-state index is 5.88. The summed E-state index contributed by atoms with van der Waals surface area (Å²) in [6.07, 6.45) is 7.09. The van der Waals surface area contributed by atoms with E-state index in [4.69, 9.17) is 9.47 Å². The van der Waals surface area contributed by atoms with E-state index in [0.29, 0.717) is 24.3 Å². The van der Waals surface area contributed by atoms with Crippen LogP contribution in [0.1, 0.15) is 46.0 Å².